The maximum atomic E-state index is 14.1. The number of carbonyl (C=O) groups is 12. The minimum Gasteiger partial charge on any atom is -0.481 e. The lowest BCUT2D eigenvalue weighted by atomic mass is 10.0. The van der Waals surface area contributed by atoms with Crippen LogP contribution >= 0.6 is 12.6 Å². The number of thiol groups is 1. The minimum absolute atomic E-state index is 0.0156. The van der Waals surface area contributed by atoms with Gasteiger partial charge in [-0.05, 0) is 51.9 Å². The number of rotatable bonds is 27. The molecule has 0 saturated carbocycles. The summed E-state index contributed by atoms with van der Waals surface area (Å²) in [6, 6.07) is -14.2. The Morgan fingerprint density at radius 2 is 1.06 bits per heavy atom. The van der Waals surface area contributed by atoms with Crippen molar-refractivity contribution in [2.75, 3.05) is 45.2 Å². The van der Waals surface area contributed by atoms with Gasteiger partial charge in [-0.25, -0.2) is 4.79 Å². The highest BCUT2D eigenvalue weighted by atomic mass is 32.1. The zero-order chi connectivity index (χ0) is 52.3. The van der Waals surface area contributed by atoms with E-state index in [1.165, 1.54) is 23.6 Å². The topological polar surface area (TPSA) is 435 Å². The van der Waals surface area contributed by atoms with E-state index in [9.17, 15) is 67.7 Å². The van der Waals surface area contributed by atoms with E-state index in [4.69, 9.17) is 21.1 Å². The summed E-state index contributed by atoms with van der Waals surface area (Å²) in [6.07, 6.45) is 0.0339. The van der Waals surface area contributed by atoms with Gasteiger partial charge in [-0.1, -0.05) is 13.8 Å². The second-order valence-electron chi connectivity index (χ2n) is 16.8. The Kier molecular flexibility index (Phi) is 24.2. The Hall–Kier alpha value is -6.17. The quantitative estimate of drug-likeness (QED) is 0.0340. The van der Waals surface area contributed by atoms with Gasteiger partial charge in [-0.3, -0.25) is 52.7 Å². The molecule has 69 heavy (non-hydrogen) atoms. The molecule has 15 N–H and O–H groups in total. The second-order valence-corrected chi connectivity index (χ2v) is 17.2. The first kappa shape index (κ1) is 59.0. The predicted octanol–water partition coefficient (Wildman–Crippen LogP) is -7.64. The van der Waals surface area contributed by atoms with Crippen molar-refractivity contribution < 1.29 is 83.1 Å². The van der Waals surface area contributed by atoms with Gasteiger partial charge in [0.1, 0.15) is 60.4 Å². The Morgan fingerprint density at radius 1 is 0.580 bits per heavy atom. The molecule has 0 aliphatic carbocycles. The number of carboxylic acids is 2. The van der Waals surface area contributed by atoms with E-state index in [1.54, 1.807) is 13.8 Å². The summed E-state index contributed by atoms with van der Waals surface area (Å²) in [5, 5.41) is 65.1. The number of likely N-dealkylation sites (tertiary alicyclic amines) is 2. The van der Waals surface area contributed by atoms with Crippen LogP contribution in [0.15, 0.2) is 0 Å². The molecule has 0 aromatic heterocycles. The molecule has 2 heterocycles. The summed E-state index contributed by atoms with van der Waals surface area (Å²) in [6.45, 7) is 2.94. The molecule has 2 aliphatic rings. The lowest BCUT2D eigenvalue weighted by molar-refractivity contribution is -0.144. The van der Waals surface area contributed by atoms with Gasteiger partial charge >= 0.3 is 11.9 Å². The zero-order valence-corrected chi connectivity index (χ0v) is 39.5. The molecule has 10 amide bonds. The number of amides is 10. The van der Waals surface area contributed by atoms with Gasteiger partial charge in [0.15, 0.2) is 0 Å². The van der Waals surface area contributed by atoms with Crippen molar-refractivity contribution in [3.05, 3.63) is 0 Å². The number of hydrogen-bond donors (Lipinski definition) is 15. The van der Waals surface area contributed by atoms with Crippen molar-refractivity contribution in [1.29, 1.82) is 0 Å². The molecule has 29 heteroatoms. The number of aliphatic carboxylic acids is 2. The zero-order valence-electron chi connectivity index (χ0n) is 38.6. The van der Waals surface area contributed by atoms with Crippen LogP contribution in [-0.4, -0.2) is 212 Å². The van der Waals surface area contributed by atoms with E-state index in [2.05, 4.69) is 49.8 Å². The van der Waals surface area contributed by atoms with Crippen molar-refractivity contribution in [3.8, 4) is 0 Å². The molecule has 0 bridgehead atoms. The van der Waals surface area contributed by atoms with Crippen LogP contribution in [0.25, 0.3) is 0 Å². The summed E-state index contributed by atoms with van der Waals surface area (Å²) in [5.41, 5.74) is 5.45. The number of aliphatic hydroxyl groups excluding tert-OH is 3. The van der Waals surface area contributed by atoms with E-state index in [0.29, 0.717) is 12.8 Å². The first-order chi connectivity index (χ1) is 32.4. The Bertz CT molecular complexity index is 1910. The molecule has 0 spiro atoms. The monoisotopic (exact) mass is 1000 g/mol. The van der Waals surface area contributed by atoms with E-state index < -0.39 is 164 Å². The first-order valence-corrected chi connectivity index (χ1v) is 22.7. The maximum absolute atomic E-state index is 14.1. The van der Waals surface area contributed by atoms with Crippen LogP contribution in [0.2, 0.25) is 0 Å². The second kappa shape index (κ2) is 28.4. The summed E-state index contributed by atoms with van der Waals surface area (Å²) in [5.74, 6) is -12.6. The van der Waals surface area contributed by atoms with Gasteiger partial charge in [-0.15, -0.1) is 0 Å². The highest BCUT2D eigenvalue weighted by Crippen LogP contribution is 2.21. The molecule has 10 atom stereocenters. The molecular weight excluding hydrogens is 939 g/mol. The molecule has 0 aromatic carbocycles. The van der Waals surface area contributed by atoms with Crippen LogP contribution in [0.3, 0.4) is 0 Å². The first-order valence-electron chi connectivity index (χ1n) is 22.0. The van der Waals surface area contributed by atoms with E-state index in [-0.39, 0.29) is 44.0 Å². The van der Waals surface area contributed by atoms with Crippen molar-refractivity contribution in [2.24, 2.45) is 11.7 Å². The normalized spacial score (nSPS) is 19.0. The smallest absolute Gasteiger partial charge is 0.328 e. The van der Waals surface area contributed by atoms with Crippen molar-refractivity contribution >= 4 is 83.6 Å². The number of nitrogens with one attached hydrogen (secondary N) is 8. The van der Waals surface area contributed by atoms with Crippen LogP contribution in [0.1, 0.15) is 66.2 Å². The van der Waals surface area contributed by atoms with Gasteiger partial charge in [0.05, 0.1) is 32.8 Å². The highest BCUT2D eigenvalue weighted by molar-refractivity contribution is 7.80. The fraction of sp³-hybridized carbons (Fsp3) is 0.700. The van der Waals surface area contributed by atoms with Gasteiger partial charge in [0, 0.05) is 18.8 Å². The van der Waals surface area contributed by atoms with Gasteiger partial charge < -0.3 is 83.6 Å². The fourth-order valence-electron chi connectivity index (χ4n) is 7.13. The third-order valence-corrected chi connectivity index (χ3v) is 11.3. The molecule has 2 rings (SSSR count). The molecule has 2 saturated heterocycles. The number of carbonyl (C=O) groups excluding carboxylic acids is 10. The Labute approximate surface area is 401 Å². The van der Waals surface area contributed by atoms with E-state index in [0.717, 1.165) is 0 Å². The van der Waals surface area contributed by atoms with E-state index >= 15 is 0 Å². The third kappa shape index (κ3) is 18.0. The maximum Gasteiger partial charge on any atom is 0.328 e. The number of carboxylic acid groups (broad SMARTS) is 2. The average molecular weight is 1000 g/mol. The number of hydrogen-bond acceptors (Lipinski definition) is 17. The highest BCUT2D eigenvalue weighted by Gasteiger charge is 2.41. The molecule has 0 radical (unpaired) electrons. The van der Waals surface area contributed by atoms with Crippen molar-refractivity contribution in [1.82, 2.24) is 52.3 Å². The van der Waals surface area contributed by atoms with Crippen LogP contribution in [0, 0.1) is 5.92 Å². The third-order valence-electron chi connectivity index (χ3n) is 10.9. The molecular formula is C40H65N11O17S. The summed E-state index contributed by atoms with van der Waals surface area (Å²) < 4.78 is 0. The lowest BCUT2D eigenvalue weighted by Gasteiger charge is -2.31. The van der Waals surface area contributed by atoms with Gasteiger partial charge in [-0.2, -0.15) is 12.6 Å². The number of aliphatic hydroxyl groups is 3. The van der Waals surface area contributed by atoms with Crippen LogP contribution < -0.4 is 48.3 Å². The number of nitrogens with two attached hydrogens (primary N) is 1. The predicted molar refractivity (Wildman–Crippen MR) is 240 cm³/mol. The molecule has 388 valence electrons. The Morgan fingerprint density at radius 3 is 1.58 bits per heavy atom. The van der Waals surface area contributed by atoms with Crippen molar-refractivity contribution in [3.63, 3.8) is 0 Å². The van der Waals surface area contributed by atoms with Crippen LogP contribution in [0.5, 0.6) is 0 Å². The van der Waals surface area contributed by atoms with Gasteiger partial charge in [0.25, 0.3) is 0 Å². The molecule has 0 unspecified atom stereocenters. The van der Waals surface area contributed by atoms with Crippen LogP contribution in [0.4, 0.5) is 0 Å². The fourth-order valence-corrected chi connectivity index (χ4v) is 7.39. The largest absolute Gasteiger partial charge is 0.481 e. The average Bonchev–Trinajstić information content (AvgIpc) is 4.00. The number of nitrogens with zero attached hydrogens (tertiary/aromatic N) is 2. The summed E-state index contributed by atoms with van der Waals surface area (Å²) in [4.78, 5) is 157. The SMILES string of the molecule is CC(C)C[C@H](NC(=O)[C@H](CC(=O)O)NC(=O)[C@H](CS)NC(=O)[C@@H]1CCCN1C(=O)CNC(=O)[C@@H](N)CO)C(=O)N1CCC[C@H]1C(=O)N[C@@H](C)C(=O)N[C@@H](CO)C(=O)N[C@@H](C)C(=O)N[C@@H](CO)C(=O)O. The molecule has 0 aromatic rings. The van der Waals surface area contributed by atoms with Crippen LogP contribution in [-0.2, 0) is 57.5 Å². The molecule has 2 fully saturated rings. The molecule has 2 aliphatic heterocycles. The summed E-state index contributed by atoms with van der Waals surface area (Å²) >= 11 is 4.13. The summed E-state index contributed by atoms with van der Waals surface area (Å²) in [7, 11) is 0. The van der Waals surface area contributed by atoms with Crippen molar-refractivity contribution in [2.45, 2.75) is 127 Å². The van der Waals surface area contributed by atoms with Gasteiger partial charge in [0.2, 0.25) is 59.1 Å². The Balaban J connectivity index is 2.13. The minimum atomic E-state index is -1.80. The van der Waals surface area contributed by atoms with E-state index in [1.807, 2.05) is 5.32 Å². The standard InChI is InChI=1S/C40H65N11O17S/c1-18(2)11-23(39(66)51-10-6-8-28(51)37(64)44-20(4)31(58)47-24(15-53)35(62)43-19(3)32(59)48-25(16-54)40(67)68)46-34(61)22(12-30(56)57)45-36(63)26(17-69)49-38(65)27-7-5-9-50(27)29(55)13-42-33(60)21(41)14-52/h18-28,52-54,69H,5-17,41H2,1-4H3,(H,42,60)(H,43,62)(H,44,64)(H,45,63)(H,46,61)(H,47,58)(H,48,59)(H,49,65)(H,56,57)(H,67,68)/t19-,20-,21-,22-,23-,24-,25-,26-,27-,28-/m0/s1. The lowest BCUT2D eigenvalue weighted by Crippen LogP contribution is -2.60. The molecule has 28 nitrogen and oxygen atoms in total.